The Bertz CT molecular complexity index is 368. The molecule has 1 rings (SSSR count). The summed E-state index contributed by atoms with van der Waals surface area (Å²) in [6, 6.07) is 2.49. The van der Waals surface area contributed by atoms with Crippen molar-refractivity contribution < 1.29 is 9.59 Å². The van der Waals surface area contributed by atoms with Crippen LogP contribution in [-0.2, 0) is 0 Å². The Morgan fingerprint density at radius 3 is 2.71 bits per heavy atom. The number of pyridine rings is 1. The van der Waals surface area contributed by atoms with E-state index >= 15 is 0 Å². The van der Waals surface area contributed by atoms with Crippen LogP contribution >= 0.6 is 15.9 Å². The summed E-state index contributed by atoms with van der Waals surface area (Å²) in [5.41, 5.74) is 8.96. The Hall–Kier alpha value is -1.63. The molecule has 0 bridgehead atoms. The van der Waals surface area contributed by atoms with Crippen LogP contribution in [-0.4, -0.2) is 16.9 Å². The van der Waals surface area contributed by atoms with Crippen molar-refractivity contribution >= 4 is 27.9 Å². The van der Waals surface area contributed by atoms with Crippen molar-refractivity contribution in [3.63, 3.8) is 0 Å². The van der Waals surface area contributed by atoms with Crippen LogP contribution in [0.5, 0.6) is 0 Å². The average Bonchev–Trinajstić information content (AvgIpc) is 2.15. The molecule has 0 unspecified atom stereocenters. The van der Waals surface area contributed by atoms with E-state index in [1.807, 2.05) is 5.43 Å². The third-order valence-corrected chi connectivity index (χ3v) is 1.91. The maximum Gasteiger partial charge on any atom is 0.330 e. The van der Waals surface area contributed by atoms with E-state index in [1.54, 1.807) is 12.1 Å². The Morgan fingerprint density at radius 2 is 2.14 bits per heavy atom. The number of hydrazine groups is 1. The van der Waals surface area contributed by atoms with Gasteiger partial charge in [-0.1, -0.05) is 0 Å². The van der Waals surface area contributed by atoms with E-state index in [0.717, 1.165) is 0 Å². The zero-order valence-corrected chi connectivity index (χ0v) is 8.54. The Labute approximate surface area is 88.0 Å². The Balaban J connectivity index is 2.70. The number of urea groups is 1. The first kappa shape index (κ1) is 10.5. The molecule has 0 aromatic carbocycles. The molecule has 3 amide bonds. The van der Waals surface area contributed by atoms with Crippen molar-refractivity contribution in [3.05, 3.63) is 28.5 Å². The van der Waals surface area contributed by atoms with E-state index in [9.17, 15) is 9.59 Å². The fourth-order valence-electron chi connectivity index (χ4n) is 0.730. The fraction of sp³-hybridized carbons (Fsp3) is 0. The molecule has 0 aliphatic rings. The lowest BCUT2D eigenvalue weighted by Crippen LogP contribution is -2.44. The molecule has 0 fully saturated rings. The highest BCUT2D eigenvalue weighted by molar-refractivity contribution is 9.10. The predicted molar refractivity (Wildman–Crippen MR) is 52.1 cm³/mol. The van der Waals surface area contributed by atoms with Crippen molar-refractivity contribution in [3.8, 4) is 0 Å². The normalized spacial score (nSPS) is 9.21. The van der Waals surface area contributed by atoms with Gasteiger partial charge in [0.25, 0.3) is 5.91 Å². The minimum absolute atomic E-state index is 0.168. The maximum atomic E-state index is 11.3. The molecule has 14 heavy (non-hydrogen) atoms. The quantitative estimate of drug-likeness (QED) is 0.626. The number of nitrogens with zero attached hydrogens (tertiary/aromatic N) is 1. The molecule has 0 saturated heterocycles. The van der Waals surface area contributed by atoms with Crippen molar-refractivity contribution in [1.82, 2.24) is 15.8 Å². The van der Waals surface area contributed by atoms with Gasteiger partial charge in [-0.3, -0.25) is 10.2 Å². The van der Waals surface area contributed by atoms with Gasteiger partial charge in [-0.25, -0.2) is 15.2 Å². The predicted octanol–water partition coefficient (Wildman–Crippen LogP) is 0.157. The molecule has 6 nitrogen and oxygen atoms in total. The molecule has 0 spiro atoms. The van der Waals surface area contributed by atoms with Crippen LogP contribution in [0, 0.1) is 0 Å². The van der Waals surface area contributed by atoms with Crippen LogP contribution in [0.1, 0.15) is 10.5 Å². The summed E-state index contributed by atoms with van der Waals surface area (Å²) in [6.45, 7) is 0. The smallest absolute Gasteiger partial charge is 0.330 e. The molecule has 0 radical (unpaired) electrons. The monoisotopic (exact) mass is 258 g/mol. The molecule has 1 aromatic heterocycles. The zero-order chi connectivity index (χ0) is 10.6. The Morgan fingerprint density at radius 1 is 1.43 bits per heavy atom. The molecule has 4 N–H and O–H groups in total. The minimum atomic E-state index is -0.842. The third-order valence-electron chi connectivity index (χ3n) is 1.27. The van der Waals surface area contributed by atoms with Gasteiger partial charge < -0.3 is 5.73 Å². The number of nitrogens with two attached hydrogens (primary N) is 1. The summed E-state index contributed by atoms with van der Waals surface area (Å²) in [6.07, 6.45) is 1.46. The highest BCUT2D eigenvalue weighted by Crippen LogP contribution is 2.12. The average molecular weight is 259 g/mol. The van der Waals surface area contributed by atoms with E-state index in [0.29, 0.717) is 4.47 Å². The summed E-state index contributed by atoms with van der Waals surface area (Å²) >= 11 is 3.14. The van der Waals surface area contributed by atoms with E-state index in [1.165, 1.54) is 6.20 Å². The second-order valence-corrected chi connectivity index (χ2v) is 3.13. The summed E-state index contributed by atoms with van der Waals surface area (Å²) in [5, 5.41) is 0. The Kier molecular flexibility index (Phi) is 3.41. The van der Waals surface area contributed by atoms with Gasteiger partial charge >= 0.3 is 6.03 Å². The summed E-state index contributed by atoms with van der Waals surface area (Å²) in [7, 11) is 0. The van der Waals surface area contributed by atoms with Crippen molar-refractivity contribution in [2.24, 2.45) is 5.73 Å². The minimum Gasteiger partial charge on any atom is -0.350 e. The summed E-state index contributed by atoms with van der Waals surface area (Å²) < 4.78 is 0.531. The molecule has 7 heteroatoms. The van der Waals surface area contributed by atoms with Crippen molar-refractivity contribution in [2.75, 3.05) is 0 Å². The number of hydrogen-bond donors (Lipinski definition) is 3. The standard InChI is InChI=1S/C7H7BrN4O2/c8-4-2-1-3-10-5(4)6(13)11-12-7(9)14/h1-3H,(H,11,13)(H3,9,12,14). The topological polar surface area (TPSA) is 97.1 Å². The highest BCUT2D eigenvalue weighted by Gasteiger charge is 2.10. The zero-order valence-electron chi connectivity index (χ0n) is 6.95. The molecule has 0 aliphatic carbocycles. The molecule has 0 atom stereocenters. The van der Waals surface area contributed by atoms with Gasteiger partial charge in [0.15, 0.2) is 0 Å². The highest BCUT2D eigenvalue weighted by atomic mass is 79.9. The van der Waals surface area contributed by atoms with Crippen LogP contribution in [0.3, 0.4) is 0 Å². The van der Waals surface area contributed by atoms with Gasteiger partial charge in [0.05, 0.1) is 0 Å². The third kappa shape index (κ3) is 2.70. The molecule has 1 aromatic rings. The number of nitrogens with one attached hydrogen (secondary N) is 2. The van der Waals surface area contributed by atoms with Crippen molar-refractivity contribution in [1.29, 1.82) is 0 Å². The molecular weight excluding hydrogens is 252 g/mol. The number of carbonyl (C=O) groups excluding carboxylic acids is 2. The lowest BCUT2D eigenvalue weighted by atomic mass is 10.3. The van der Waals surface area contributed by atoms with Gasteiger partial charge in [-0.2, -0.15) is 0 Å². The second kappa shape index (κ2) is 4.56. The molecular formula is C7H7BrN4O2. The molecule has 0 aliphatic heterocycles. The SMILES string of the molecule is NC(=O)NNC(=O)c1ncccc1Br. The van der Waals surface area contributed by atoms with Gasteiger partial charge in [0, 0.05) is 10.7 Å². The van der Waals surface area contributed by atoms with Gasteiger partial charge in [0.2, 0.25) is 0 Å². The van der Waals surface area contributed by atoms with Crippen LogP contribution in [0.15, 0.2) is 22.8 Å². The number of hydrogen-bond acceptors (Lipinski definition) is 3. The molecule has 1 heterocycles. The van der Waals surface area contributed by atoms with Crippen LogP contribution < -0.4 is 16.6 Å². The first-order valence-electron chi connectivity index (χ1n) is 3.57. The number of amides is 3. The lowest BCUT2D eigenvalue weighted by molar-refractivity contribution is 0.0931. The number of rotatable bonds is 1. The van der Waals surface area contributed by atoms with Crippen LogP contribution in [0.25, 0.3) is 0 Å². The largest absolute Gasteiger partial charge is 0.350 e. The van der Waals surface area contributed by atoms with E-state index in [4.69, 9.17) is 5.73 Å². The van der Waals surface area contributed by atoms with Crippen molar-refractivity contribution in [2.45, 2.75) is 0 Å². The number of halogens is 1. The van der Waals surface area contributed by atoms with E-state index in [2.05, 4.69) is 26.3 Å². The fourth-order valence-corrected chi connectivity index (χ4v) is 1.17. The first-order chi connectivity index (χ1) is 6.61. The summed E-state index contributed by atoms with van der Waals surface area (Å²) in [4.78, 5) is 25.4. The summed E-state index contributed by atoms with van der Waals surface area (Å²) in [5.74, 6) is -0.545. The maximum absolute atomic E-state index is 11.3. The van der Waals surface area contributed by atoms with Crippen LogP contribution in [0.4, 0.5) is 4.79 Å². The van der Waals surface area contributed by atoms with E-state index in [-0.39, 0.29) is 5.69 Å². The van der Waals surface area contributed by atoms with E-state index < -0.39 is 11.9 Å². The van der Waals surface area contributed by atoms with Gasteiger partial charge in [-0.15, -0.1) is 0 Å². The number of carbonyl (C=O) groups is 2. The number of primary amides is 1. The van der Waals surface area contributed by atoms with Crippen LogP contribution in [0.2, 0.25) is 0 Å². The number of aromatic nitrogens is 1. The second-order valence-electron chi connectivity index (χ2n) is 2.28. The van der Waals surface area contributed by atoms with Gasteiger partial charge in [0.1, 0.15) is 5.69 Å². The molecule has 0 saturated carbocycles. The van der Waals surface area contributed by atoms with Gasteiger partial charge in [-0.05, 0) is 28.1 Å². The lowest BCUT2D eigenvalue weighted by Gasteiger charge is -2.04. The first-order valence-corrected chi connectivity index (χ1v) is 4.37. The molecule has 74 valence electrons.